The molecule has 0 saturated heterocycles. The van der Waals surface area contributed by atoms with Gasteiger partial charge in [0, 0.05) is 11.8 Å². The molecule has 5 nitrogen and oxygen atoms in total. The van der Waals surface area contributed by atoms with Gasteiger partial charge < -0.3 is 15.8 Å². The number of nitrogens with one attached hydrogen (secondary N) is 1. The van der Waals surface area contributed by atoms with Crippen molar-refractivity contribution in [2.75, 3.05) is 12.4 Å². The number of allylic oxidation sites excluding steroid dienone is 1. The third-order valence-electron chi connectivity index (χ3n) is 3.64. The van der Waals surface area contributed by atoms with E-state index in [0.717, 1.165) is 22.4 Å². The quantitative estimate of drug-likeness (QED) is 0.762. The number of amides is 2. The predicted octanol–water partition coefficient (Wildman–Crippen LogP) is 2.85. The van der Waals surface area contributed by atoms with Crippen molar-refractivity contribution in [3.05, 3.63) is 71.3 Å². The fourth-order valence-electron chi connectivity index (χ4n) is 2.51. The third-order valence-corrected chi connectivity index (χ3v) is 3.64. The molecule has 0 bridgehead atoms. The van der Waals surface area contributed by atoms with E-state index in [-0.39, 0.29) is 18.2 Å². The Balaban J connectivity index is 1.98. The van der Waals surface area contributed by atoms with Gasteiger partial charge in [-0.1, -0.05) is 35.9 Å². The smallest absolute Gasteiger partial charge is 0.248 e. The van der Waals surface area contributed by atoms with Crippen molar-refractivity contribution >= 4 is 17.5 Å². The lowest BCUT2D eigenvalue weighted by Crippen LogP contribution is -2.13. The number of hydrogen-bond acceptors (Lipinski definition) is 3. The summed E-state index contributed by atoms with van der Waals surface area (Å²) >= 11 is 0. The second kappa shape index (κ2) is 8.68. The maximum Gasteiger partial charge on any atom is 0.248 e. The van der Waals surface area contributed by atoms with Crippen LogP contribution < -0.4 is 15.8 Å². The van der Waals surface area contributed by atoms with E-state index in [4.69, 9.17) is 10.5 Å². The van der Waals surface area contributed by atoms with Gasteiger partial charge in [0.25, 0.3) is 0 Å². The number of para-hydroxylation sites is 1. The summed E-state index contributed by atoms with van der Waals surface area (Å²) in [6.07, 6.45) is 2.39. The predicted molar refractivity (Wildman–Crippen MR) is 98.4 cm³/mol. The Hall–Kier alpha value is -3.08. The zero-order chi connectivity index (χ0) is 18.2. The first-order valence-electron chi connectivity index (χ1n) is 7.95. The summed E-state index contributed by atoms with van der Waals surface area (Å²) in [4.78, 5) is 23.0. The first-order chi connectivity index (χ1) is 12.0. The number of anilines is 1. The molecule has 130 valence electrons. The van der Waals surface area contributed by atoms with Crippen LogP contribution in [0.5, 0.6) is 5.75 Å². The van der Waals surface area contributed by atoms with Crippen molar-refractivity contribution in [3.8, 4) is 5.75 Å². The lowest BCUT2D eigenvalue weighted by molar-refractivity contribution is -0.117. The standard InChI is InChI=1S/C20H22N2O3/c1-14(11-16-5-3-4-6-18(16)25-2)12-20(24)22-17-9-7-15(8-10-17)13-19(21)23/h3-10,12H,11,13H2,1-2H3,(H2,21,23)(H,22,24). The number of nitrogens with two attached hydrogens (primary N) is 1. The SMILES string of the molecule is COc1ccccc1CC(C)=CC(=O)Nc1ccc(CC(N)=O)cc1. The Morgan fingerprint density at radius 1 is 1.08 bits per heavy atom. The van der Waals surface area contributed by atoms with Gasteiger partial charge in [-0.25, -0.2) is 0 Å². The van der Waals surface area contributed by atoms with Crippen molar-refractivity contribution in [2.24, 2.45) is 5.73 Å². The maximum atomic E-state index is 12.1. The van der Waals surface area contributed by atoms with Crippen LogP contribution in [0.2, 0.25) is 0 Å². The van der Waals surface area contributed by atoms with Gasteiger partial charge in [-0.05, 0) is 42.7 Å². The molecule has 3 N–H and O–H groups in total. The van der Waals surface area contributed by atoms with Gasteiger partial charge in [-0.3, -0.25) is 9.59 Å². The Morgan fingerprint density at radius 3 is 2.40 bits per heavy atom. The number of primary amides is 1. The van der Waals surface area contributed by atoms with Crippen molar-refractivity contribution < 1.29 is 14.3 Å². The summed E-state index contributed by atoms with van der Waals surface area (Å²) in [5.74, 6) is 0.224. The molecular weight excluding hydrogens is 316 g/mol. The molecule has 0 aromatic heterocycles. The average molecular weight is 338 g/mol. The number of carbonyl (C=O) groups excluding carboxylic acids is 2. The molecule has 2 amide bonds. The largest absolute Gasteiger partial charge is 0.496 e. The zero-order valence-electron chi connectivity index (χ0n) is 14.4. The highest BCUT2D eigenvalue weighted by Gasteiger charge is 2.05. The summed E-state index contributed by atoms with van der Waals surface area (Å²) in [6.45, 7) is 1.90. The van der Waals surface area contributed by atoms with Crippen LogP contribution in [0, 0.1) is 0 Å². The minimum atomic E-state index is -0.383. The Bertz CT molecular complexity index is 780. The monoisotopic (exact) mass is 338 g/mol. The van der Waals surface area contributed by atoms with Crippen LogP contribution in [0.3, 0.4) is 0 Å². The summed E-state index contributed by atoms with van der Waals surface area (Å²) in [7, 11) is 1.63. The van der Waals surface area contributed by atoms with E-state index in [1.54, 1.807) is 37.5 Å². The number of benzene rings is 2. The van der Waals surface area contributed by atoms with E-state index < -0.39 is 0 Å². The van der Waals surface area contributed by atoms with Crippen LogP contribution in [-0.2, 0) is 22.4 Å². The molecule has 0 aliphatic carbocycles. The first-order valence-corrected chi connectivity index (χ1v) is 7.95. The first kappa shape index (κ1) is 18.3. The van der Waals surface area contributed by atoms with E-state index in [1.807, 2.05) is 31.2 Å². The molecule has 0 unspecified atom stereocenters. The van der Waals surface area contributed by atoms with Crippen LogP contribution in [0.1, 0.15) is 18.1 Å². The number of ether oxygens (including phenoxy) is 1. The van der Waals surface area contributed by atoms with Crippen LogP contribution in [0.4, 0.5) is 5.69 Å². The van der Waals surface area contributed by atoms with Crippen molar-refractivity contribution in [2.45, 2.75) is 19.8 Å². The second-order valence-corrected chi connectivity index (χ2v) is 5.81. The molecule has 0 saturated carbocycles. The summed E-state index contributed by atoms with van der Waals surface area (Å²) in [5.41, 5.74) is 8.59. The third kappa shape index (κ3) is 5.80. The molecule has 2 aromatic rings. The Kier molecular flexibility index (Phi) is 6.34. The van der Waals surface area contributed by atoms with Crippen molar-refractivity contribution in [3.63, 3.8) is 0 Å². The van der Waals surface area contributed by atoms with E-state index in [1.165, 1.54) is 0 Å². The lowest BCUT2D eigenvalue weighted by atomic mass is 10.0. The Labute approximate surface area is 147 Å². The highest BCUT2D eigenvalue weighted by atomic mass is 16.5. The summed E-state index contributed by atoms with van der Waals surface area (Å²) in [5, 5.41) is 2.80. The van der Waals surface area contributed by atoms with Gasteiger partial charge >= 0.3 is 0 Å². The van der Waals surface area contributed by atoms with Gasteiger partial charge in [0.15, 0.2) is 0 Å². The van der Waals surface area contributed by atoms with Gasteiger partial charge in [-0.15, -0.1) is 0 Å². The molecular formula is C20H22N2O3. The fraction of sp³-hybridized carbons (Fsp3) is 0.200. The average Bonchev–Trinajstić information content (AvgIpc) is 2.56. The van der Waals surface area contributed by atoms with Crippen LogP contribution in [0.15, 0.2) is 60.2 Å². The van der Waals surface area contributed by atoms with E-state index >= 15 is 0 Å². The van der Waals surface area contributed by atoms with Crippen LogP contribution in [0.25, 0.3) is 0 Å². The topological polar surface area (TPSA) is 81.4 Å². The minimum Gasteiger partial charge on any atom is -0.496 e. The van der Waals surface area contributed by atoms with Crippen LogP contribution in [-0.4, -0.2) is 18.9 Å². The van der Waals surface area contributed by atoms with Crippen LogP contribution >= 0.6 is 0 Å². The lowest BCUT2D eigenvalue weighted by Gasteiger charge is -2.08. The molecule has 2 rings (SSSR count). The molecule has 5 heteroatoms. The van der Waals surface area contributed by atoms with Gasteiger partial charge in [-0.2, -0.15) is 0 Å². The number of hydrogen-bond donors (Lipinski definition) is 2. The molecule has 2 aromatic carbocycles. The number of rotatable bonds is 7. The minimum absolute atomic E-state index is 0.187. The molecule has 0 aliphatic heterocycles. The Morgan fingerprint density at radius 2 is 1.76 bits per heavy atom. The van der Waals surface area contributed by atoms with Gasteiger partial charge in [0.2, 0.25) is 11.8 Å². The second-order valence-electron chi connectivity index (χ2n) is 5.81. The van der Waals surface area contributed by atoms with E-state index in [0.29, 0.717) is 12.1 Å². The zero-order valence-corrected chi connectivity index (χ0v) is 14.4. The summed E-state index contributed by atoms with van der Waals surface area (Å²) in [6, 6.07) is 14.8. The summed E-state index contributed by atoms with van der Waals surface area (Å²) < 4.78 is 5.32. The maximum absolute atomic E-state index is 12.1. The molecule has 0 spiro atoms. The van der Waals surface area contributed by atoms with E-state index in [2.05, 4.69) is 5.32 Å². The molecule has 0 aliphatic rings. The highest BCUT2D eigenvalue weighted by molar-refractivity contribution is 5.99. The fourth-order valence-corrected chi connectivity index (χ4v) is 2.51. The number of methoxy groups -OCH3 is 1. The molecule has 0 atom stereocenters. The highest BCUT2D eigenvalue weighted by Crippen LogP contribution is 2.20. The molecule has 0 radical (unpaired) electrons. The van der Waals surface area contributed by atoms with Crippen molar-refractivity contribution in [1.29, 1.82) is 0 Å². The molecule has 25 heavy (non-hydrogen) atoms. The van der Waals surface area contributed by atoms with Gasteiger partial charge in [0.05, 0.1) is 13.5 Å². The van der Waals surface area contributed by atoms with Crippen molar-refractivity contribution in [1.82, 2.24) is 0 Å². The van der Waals surface area contributed by atoms with Gasteiger partial charge in [0.1, 0.15) is 5.75 Å². The van der Waals surface area contributed by atoms with E-state index in [9.17, 15) is 9.59 Å². The number of carbonyl (C=O) groups is 2. The normalized spacial score (nSPS) is 11.0. The molecule has 0 heterocycles. The molecule has 0 fully saturated rings.